The molecule has 3 nitrogen and oxygen atoms in total. The molecule has 4 heteroatoms. The van der Waals surface area contributed by atoms with Crippen LogP contribution in [0.15, 0.2) is 10.7 Å². The minimum atomic E-state index is 0.390. The largest absolute Gasteiger partial charge is 0.312 e. The highest BCUT2D eigenvalue weighted by molar-refractivity contribution is 9.10. The summed E-state index contributed by atoms with van der Waals surface area (Å²) in [5.74, 6) is 0. The number of aromatic nitrogens is 2. The minimum Gasteiger partial charge on any atom is -0.312 e. The Morgan fingerprint density at radius 3 is 2.61 bits per heavy atom. The molecule has 1 N–H and O–H groups in total. The molecule has 0 aliphatic carbocycles. The van der Waals surface area contributed by atoms with Crippen molar-refractivity contribution in [3.63, 3.8) is 0 Å². The van der Waals surface area contributed by atoms with Crippen LogP contribution in [-0.4, -0.2) is 16.8 Å². The van der Waals surface area contributed by atoms with Crippen molar-refractivity contribution in [1.82, 2.24) is 15.1 Å². The second-order valence-corrected chi connectivity index (χ2v) is 5.96. The number of unbranched alkanes of at least 4 members (excludes halogenated alkanes) is 3. The second kappa shape index (κ2) is 7.95. The van der Waals surface area contributed by atoms with Gasteiger partial charge in [0, 0.05) is 6.04 Å². The summed E-state index contributed by atoms with van der Waals surface area (Å²) in [6.45, 7) is 6.60. The van der Waals surface area contributed by atoms with E-state index < -0.39 is 0 Å². The van der Waals surface area contributed by atoms with Crippen LogP contribution in [0.5, 0.6) is 0 Å². The van der Waals surface area contributed by atoms with E-state index in [1.807, 2.05) is 13.2 Å². The number of nitrogens with zero attached hydrogens (tertiary/aromatic N) is 2. The second-order valence-electron chi connectivity index (χ2n) is 5.11. The van der Waals surface area contributed by atoms with Crippen molar-refractivity contribution >= 4 is 15.9 Å². The van der Waals surface area contributed by atoms with Gasteiger partial charge in [-0.2, -0.15) is 5.10 Å². The lowest BCUT2D eigenvalue weighted by Gasteiger charge is -2.20. The van der Waals surface area contributed by atoms with Gasteiger partial charge in [-0.1, -0.05) is 32.6 Å². The summed E-state index contributed by atoms with van der Waals surface area (Å²) >= 11 is 3.63. The third kappa shape index (κ3) is 4.09. The lowest BCUT2D eigenvalue weighted by molar-refractivity contribution is 0.432. The molecule has 0 aromatic carbocycles. The Balaban J connectivity index is 2.72. The molecule has 0 radical (unpaired) electrons. The summed E-state index contributed by atoms with van der Waals surface area (Å²) < 4.78 is 3.23. The number of halogens is 1. The van der Waals surface area contributed by atoms with Gasteiger partial charge in [0.25, 0.3) is 0 Å². The van der Waals surface area contributed by atoms with Crippen molar-refractivity contribution in [3.05, 3.63) is 16.4 Å². The van der Waals surface area contributed by atoms with Crippen molar-refractivity contribution in [2.24, 2.45) is 0 Å². The average molecular weight is 316 g/mol. The molecule has 1 heterocycles. The van der Waals surface area contributed by atoms with Gasteiger partial charge >= 0.3 is 0 Å². The predicted molar refractivity (Wildman–Crippen MR) is 80.9 cm³/mol. The van der Waals surface area contributed by atoms with Gasteiger partial charge in [-0.3, -0.25) is 4.68 Å². The van der Waals surface area contributed by atoms with Crippen LogP contribution < -0.4 is 5.32 Å². The van der Waals surface area contributed by atoms with Crippen LogP contribution in [0.1, 0.15) is 70.7 Å². The number of rotatable bonds is 8. The fourth-order valence-electron chi connectivity index (χ4n) is 2.28. The van der Waals surface area contributed by atoms with Crippen molar-refractivity contribution in [2.45, 2.75) is 65.0 Å². The fourth-order valence-corrected chi connectivity index (χ4v) is 2.83. The van der Waals surface area contributed by atoms with Crippen LogP contribution >= 0.6 is 15.9 Å². The lowest BCUT2D eigenvalue weighted by Crippen LogP contribution is -2.21. The Morgan fingerprint density at radius 1 is 1.33 bits per heavy atom. The average Bonchev–Trinajstić information content (AvgIpc) is 2.72. The Kier molecular flexibility index (Phi) is 6.94. The Labute approximate surface area is 119 Å². The molecular weight excluding hydrogens is 290 g/mol. The highest BCUT2D eigenvalue weighted by Gasteiger charge is 2.19. The third-order valence-corrected chi connectivity index (χ3v) is 3.91. The summed E-state index contributed by atoms with van der Waals surface area (Å²) in [6.07, 6.45) is 8.30. The molecule has 1 aromatic rings. The van der Waals surface area contributed by atoms with E-state index in [-0.39, 0.29) is 0 Å². The van der Waals surface area contributed by atoms with Crippen molar-refractivity contribution < 1.29 is 0 Å². The molecule has 1 rings (SSSR count). The van der Waals surface area contributed by atoms with Crippen LogP contribution in [0.4, 0.5) is 0 Å². The number of hydrogen-bond donors (Lipinski definition) is 1. The van der Waals surface area contributed by atoms with E-state index in [1.54, 1.807) is 0 Å². The SMILES string of the molecule is CCCCCCC(NC)c1c(Br)cnn1C(C)C. The van der Waals surface area contributed by atoms with Crippen LogP contribution in [0.25, 0.3) is 0 Å². The molecule has 0 aliphatic rings. The first-order valence-corrected chi connectivity index (χ1v) is 7.81. The Bertz CT molecular complexity index is 347. The van der Waals surface area contributed by atoms with E-state index in [1.165, 1.54) is 37.8 Å². The van der Waals surface area contributed by atoms with Gasteiger partial charge in [-0.05, 0) is 43.2 Å². The molecule has 0 saturated carbocycles. The maximum atomic E-state index is 4.46. The van der Waals surface area contributed by atoms with E-state index in [0.29, 0.717) is 12.1 Å². The zero-order valence-electron chi connectivity index (χ0n) is 12.0. The van der Waals surface area contributed by atoms with E-state index in [4.69, 9.17) is 0 Å². The van der Waals surface area contributed by atoms with Crippen molar-refractivity contribution in [1.29, 1.82) is 0 Å². The Morgan fingerprint density at radius 2 is 2.06 bits per heavy atom. The van der Waals surface area contributed by atoms with Crippen LogP contribution in [0, 0.1) is 0 Å². The smallest absolute Gasteiger partial charge is 0.0698 e. The monoisotopic (exact) mass is 315 g/mol. The summed E-state index contributed by atoms with van der Waals surface area (Å²) in [6, 6.07) is 0.791. The van der Waals surface area contributed by atoms with Gasteiger partial charge in [-0.15, -0.1) is 0 Å². The van der Waals surface area contributed by atoms with Gasteiger partial charge in [0.2, 0.25) is 0 Å². The predicted octanol–water partition coefficient (Wildman–Crippen LogP) is 4.46. The molecule has 1 aromatic heterocycles. The molecular formula is C14H26BrN3. The molecule has 0 aliphatic heterocycles. The first-order valence-electron chi connectivity index (χ1n) is 7.02. The molecule has 0 spiro atoms. The van der Waals surface area contributed by atoms with Crippen LogP contribution in [-0.2, 0) is 0 Å². The first kappa shape index (κ1) is 15.7. The molecule has 18 heavy (non-hydrogen) atoms. The highest BCUT2D eigenvalue weighted by Crippen LogP contribution is 2.29. The zero-order chi connectivity index (χ0) is 13.5. The third-order valence-electron chi connectivity index (χ3n) is 3.30. The van der Waals surface area contributed by atoms with Gasteiger partial charge in [0.15, 0.2) is 0 Å². The quantitative estimate of drug-likeness (QED) is 0.718. The van der Waals surface area contributed by atoms with Gasteiger partial charge in [-0.25, -0.2) is 0 Å². The maximum absolute atomic E-state index is 4.46. The minimum absolute atomic E-state index is 0.390. The maximum Gasteiger partial charge on any atom is 0.0698 e. The molecule has 0 bridgehead atoms. The molecule has 1 atom stereocenters. The lowest BCUT2D eigenvalue weighted by atomic mass is 10.0. The van der Waals surface area contributed by atoms with E-state index >= 15 is 0 Å². The fraction of sp³-hybridized carbons (Fsp3) is 0.786. The molecule has 104 valence electrons. The summed E-state index contributed by atoms with van der Waals surface area (Å²) in [5.41, 5.74) is 1.28. The van der Waals surface area contributed by atoms with E-state index in [2.05, 4.69) is 51.8 Å². The summed E-state index contributed by atoms with van der Waals surface area (Å²) in [5, 5.41) is 7.88. The molecule has 0 fully saturated rings. The Hall–Kier alpha value is -0.350. The topological polar surface area (TPSA) is 29.9 Å². The van der Waals surface area contributed by atoms with Crippen molar-refractivity contribution in [3.8, 4) is 0 Å². The van der Waals surface area contributed by atoms with Gasteiger partial charge < -0.3 is 5.32 Å². The summed E-state index contributed by atoms with van der Waals surface area (Å²) in [7, 11) is 2.04. The summed E-state index contributed by atoms with van der Waals surface area (Å²) in [4.78, 5) is 0. The van der Waals surface area contributed by atoms with Gasteiger partial charge in [0.1, 0.15) is 0 Å². The van der Waals surface area contributed by atoms with E-state index in [9.17, 15) is 0 Å². The standard InChI is InChI=1S/C14H26BrN3/c1-5-6-7-8-9-13(16-4)14-12(15)10-17-18(14)11(2)3/h10-11,13,16H,5-9H2,1-4H3. The number of nitrogens with one attached hydrogen (secondary N) is 1. The van der Waals surface area contributed by atoms with Crippen molar-refractivity contribution in [2.75, 3.05) is 7.05 Å². The molecule has 0 saturated heterocycles. The first-order chi connectivity index (χ1) is 8.61. The van der Waals surface area contributed by atoms with Crippen LogP contribution in [0.2, 0.25) is 0 Å². The van der Waals surface area contributed by atoms with Crippen LogP contribution in [0.3, 0.4) is 0 Å². The zero-order valence-corrected chi connectivity index (χ0v) is 13.6. The molecule has 1 unspecified atom stereocenters. The van der Waals surface area contributed by atoms with Gasteiger partial charge in [0.05, 0.1) is 22.4 Å². The number of hydrogen-bond acceptors (Lipinski definition) is 2. The van der Waals surface area contributed by atoms with E-state index in [0.717, 1.165) is 4.47 Å². The molecule has 0 amide bonds. The normalized spacial score (nSPS) is 13.2. The highest BCUT2D eigenvalue weighted by atomic mass is 79.9.